The number of hydrogen-bond acceptors (Lipinski definition) is 3. The van der Waals surface area contributed by atoms with Crippen LogP contribution in [-0.2, 0) is 4.79 Å². The van der Waals surface area contributed by atoms with Gasteiger partial charge in [0.15, 0.2) is 0 Å². The zero-order valence-electron chi connectivity index (χ0n) is 21.4. The molecule has 0 atom stereocenters. The summed E-state index contributed by atoms with van der Waals surface area (Å²) in [5.41, 5.74) is 3.50. The van der Waals surface area contributed by atoms with Crippen LogP contribution in [0.3, 0.4) is 0 Å². The molecular weight excluding hydrogens is 505 g/mol. The predicted molar refractivity (Wildman–Crippen MR) is 153 cm³/mol. The molecule has 5 nitrogen and oxygen atoms in total. The van der Waals surface area contributed by atoms with Crippen molar-refractivity contribution in [2.24, 2.45) is 5.92 Å². The Morgan fingerprint density at radius 1 is 1.03 bits per heavy atom. The normalized spacial score (nSPS) is 18.2. The lowest BCUT2D eigenvalue weighted by Crippen LogP contribution is -2.39. The van der Waals surface area contributed by atoms with Gasteiger partial charge < -0.3 is 19.5 Å². The second-order valence-corrected chi connectivity index (χ2v) is 11.2. The number of carbonyl (C=O) groups is 1. The molecule has 5 rings (SSSR count). The average molecular weight is 541 g/mol. The van der Waals surface area contributed by atoms with Crippen LogP contribution in [0.1, 0.15) is 49.1 Å². The van der Waals surface area contributed by atoms with Crippen LogP contribution in [0.15, 0.2) is 48.7 Å². The van der Waals surface area contributed by atoms with Crippen LogP contribution < -0.4 is 4.74 Å². The number of halogens is 2. The second-order valence-electron chi connectivity index (χ2n) is 10.3. The van der Waals surface area contributed by atoms with Gasteiger partial charge in [-0.25, -0.2) is 0 Å². The third kappa shape index (κ3) is 6.34. The van der Waals surface area contributed by atoms with Gasteiger partial charge in [0.05, 0.1) is 17.2 Å². The van der Waals surface area contributed by atoms with E-state index in [2.05, 4.69) is 28.2 Å². The first-order chi connectivity index (χ1) is 18.0. The number of carbonyl (C=O) groups excluding carboxylic acids is 1. The number of fused-ring (bicyclic) bond motifs is 1. The van der Waals surface area contributed by atoms with E-state index in [0.717, 1.165) is 56.9 Å². The molecule has 3 heterocycles. The van der Waals surface area contributed by atoms with Gasteiger partial charge >= 0.3 is 0 Å². The first-order valence-electron chi connectivity index (χ1n) is 13.3. The lowest BCUT2D eigenvalue weighted by atomic mass is 9.88. The quantitative estimate of drug-likeness (QED) is 0.328. The van der Waals surface area contributed by atoms with Crippen LogP contribution in [0.2, 0.25) is 10.0 Å². The Labute approximate surface area is 229 Å². The fraction of sp³-hybridized carbons (Fsp3) is 0.433. The number of amides is 1. The van der Waals surface area contributed by atoms with E-state index in [0.29, 0.717) is 21.9 Å². The van der Waals surface area contributed by atoms with Crippen molar-refractivity contribution < 1.29 is 9.53 Å². The van der Waals surface area contributed by atoms with Crippen molar-refractivity contribution in [1.82, 2.24) is 14.8 Å². The van der Waals surface area contributed by atoms with E-state index in [4.69, 9.17) is 27.9 Å². The van der Waals surface area contributed by atoms with Crippen molar-refractivity contribution in [3.05, 3.63) is 69.8 Å². The topological polar surface area (TPSA) is 48.6 Å². The first kappa shape index (κ1) is 26.1. The third-order valence-electron chi connectivity index (χ3n) is 8.09. The van der Waals surface area contributed by atoms with Gasteiger partial charge in [-0.15, -0.1) is 0 Å². The molecule has 0 radical (unpaired) electrons. The van der Waals surface area contributed by atoms with Gasteiger partial charge in [0.1, 0.15) is 5.75 Å². The molecule has 1 aromatic heterocycles. The molecule has 2 fully saturated rings. The smallest absolute Gasteiger partial charge is 0.246 e. The minimum Gasteiger partial charge on any atom is -0.497 e. The SMILES string of the molecule is COc1ccc2[nH]cc(C3CCN(CCC4CCN(C(=O)/C=C/c5ccc(Cl)c(Cl)c5)CC4)CC3)c2c1. The van der Waals surface area contributed by atoms with E-state index in [1.54, 1.807) is 25.3 Å². The van der Waals surface area contributed by atoms with Crippen molar-refractivity contribution in [2.75, 3.05) is 39.8 Å². The Morgan fingerprint density at radius 3 is 2.54 bits per heavy atom. The minimum absolute atomic E-state index is 0.0708. The number of benzene rings is 2. The highest BCUT2D eigenvalue weighted by molar-refractivity contribution is 6.42. The lowest BCUT2D eigenvalue weighted by Gasteiger charge is -2.35. The molecular formula is C30H35Cl2N3O2. The van der Waals surface area contributed by atoms with Crippen molar-refractivity contribution >= 4 is 46.1 Å². The molecule has 3 aromatic rings. The predicted octanol–water partition coefficient (Wildman–Crippen LogP) is 7.00. The fourth-order valence-electron chi connectivity index (χ4n) is 5.75. The minimum atomic E-state index is 0.0708. The van der Waals surface area contributed by atoms with Gasteiger partial charge in [-0.05, 0) is 111 Å². The molecule has 7 heteroatoms. The largest absolute Gasteiger partial charge is 0.497 e. The molecule has 0 aliphatic carbocycles. The van der Waals surface area contributed by atoms with Gasteiger partial charge in [0, 0.05) is 36.3 Å². The van der Waals surface area contributed by atoms with E-state index in [-0.39, 0.29) is 5.91 Å². The fourth-order valence-corrected chi connectivity index (χ4v) is 6.06. The van der Waals surface area contributed by atoms with Crippen molar-refractivity contribution in [3.63, 3.8) is 0 Å². The van der Waals surface area contributed by atoms with Crippen molar-refractivity contribution in [2.45, 2.75) is 38.0 Å². The number of likely N-dealkylation sites (tertiary alicyclic amines) is 2. The molecule has 0 bridgehead atoms. The van der Waals surface area contributed by atoms with Crippen molar-refractivity contribution in [1.29, 1.82) is 0 Å². The summed E-state index contributed by atoms with van der Waals surface area (Å²) in [7, 11) is 1.73. The van der Waals surface area contributed by atoms with E-state index >= 15 is 0 Å². The Balaban J connectivity index is 1.04. The van der Waals surface area contributed by atoms with Crippen LogP contribution >= 0.6 is 23.2 Å². The number of nitrogens with one attached hydrogen (secondary N) is 1. The molecule has 0 spiro atoms. The summed E-state index contributed by atoms with van der Waals surface area (Å²) in [5.74, 6) is 2.28. The number of H-pyrrole nitrogens is 1. The van der Waals surface area contributed by atoms with Crippen LogP contribution in [0, 0.1) is 5.92 Å². The zero-order valence-corrected chi connectivity index (χ0v) is 22.9. The Hall–Kier alpha value is -2.47. The molecule has 0 unspecified atom stereocenters. The van der Waals surface area contributed by atoms with Crippen molar-refractivity contribution in [3.8, 4) is 5.75 Å². The van der Waals surface area contributed by atoms with E-state index in [1.807, 2.05) is 23.1 Å². The number of piperidine rings is 2. The Bertz CT molecular complexity index is 1250. The number of nitrogens with zero attached hydrogens (tertiary/aromatic N) is 2. The molecule has 1 N–H and O–H groups in total. The van der Waals surface area contributed by atoms with Crippen LogP contribution in [0.25, 0.3) is 17.0 Å². The molecule has 0 saturated carbocycles. The highest BCUT2D eigenvalue weighted by atomic mass is 35.5. The molecule has 1 amide bonds. The maximum Gasteiger partial charge on any atom is 0.246 e. The maximum atomic E-state index is 12.6. The molecule has 2 aliphatic rings. The summed E-state index contributed by atoms with van der Waals surface area (Å²) in [6.07, 6.45) is 11.4. The highest BCUT2D eigenvalue weighted by Gasteiger charge is 2.25. The van der Waals surface area contributed by atoms with Gasteiger partial charge in [-0.2, -0.15) is 0 Å². The van der Waals surface area contributed by atoms with E-state index < -0.39 is 0 Å². The number of ether oxygens (including phenoxy) is 1. The van der Waals surface area contributed by atoms with Gasteiger partial charge in [-0.1, -0.05) is 29.3 Å². The number of aromatic nitrogens is 1. The first-order valence-corrected chi connectivity index (χ1v) is 14.0. The number of aromatic amines is 1. The van der Waals surface area contributed by atoms with E-state index in [9.17, 15) is 4.79 Å². The molecule has 37 heavy (non-hydrogen) atoms. The average Bonchev–Trinajstić information content (AvgIpc) is 3.36. The third-order valence-corrected chi connectivity index (χ3v) is 8.83. The van der Waals surface area contributed by atoms with Gasteiger partial charge in [-0.3, -0.25) is 4.79 Å². The summed E-state index contributed by atoms with van der Waals surface area (Å²) in [5, 5.41) is 2.32. The monoisotopic (exact) mass is 539 g/mol. The molecule has 2 saturated heterocycles. The van der Waals surface area contributed by atoms with Crippen LogP contribution in [0.5, 0.6) is 5.75 Å². The number of hydrogen-bond donors (Lipinski definition) is 1. The van der Waals surface area contributed by atoms with Crippen LogP contribution in [0.4, 0.5) is 0 Å². The Morgan fingerprint density at radius 2 is 1.81 bits per heavy atom. The zero-order chi connectivity index (χ0) is 25.8. The Kier molecular flexibility index (Phi) is 8.43. The summed E-state index contributed by atoms with van der Waals surface area (Å²) >= 11 is 12.0. The summed E-state index contributed by atoms with van der Waals surface area (Å²) in [4.78, 5) is 20.7. The lowest BCUT2D eigenvalue weighted by molar-refractivity contribution is -0.127. The van der Waals surface area contributed by atoms with Gasteiger partial charge in [0.2, 0.25) is 5.91 Å². The maximum absolute atomic E-state index is 12.6. The molecule has 2 aromatic carbocycles. The van der Waals surface area contributed by atoms with E-state index in [1.165, 1.54) is 35.7 Å². The summed E-state index contributed by atoms with van der Waals surface area (Å²) < 4.78 is 5.44. The second kappa shape index (κ2) is 11.9. The summed E-state index contributed by atoms with van der Waals surface area (Å²) in [6, 6.07) is 11.7. The molecule has 2 aliphatic heterocycles. The van der Waals surface area contributed by atoms with Crippen LogP contribution in [-0.4, -0.2) is 60.5 Å². The number of methoxy groups -OCH3 is 1. The molecule has 196 valence electrons. The highest BCUT2D eigenvalue weighted by Crippen LogP contribution is 2.35. The standard InChI is InChI=1S/C30H35Cl2N3O2/c1-37-24-4-6-29-25(19-24)26(20-33-29)23-11-14-34(15-12-23)13-8-21-9-16-35(17-10-21)30(36)7-3-22-2-5-27(31)28(32)18-22/h2-7,18-21,23,33H,8-17H2,1H3/b7-3+. The van der Waals surface area contributed by atoms with Gasteiger partial charge in [0.25, 0.3) is 0 Å². The summed E-state index contributed by atoms with van der Waals surface area (Å²) in [6.45, 7) is 5.13. The number of rotatable bonds is 7.